The minimum atomic E-state index is -0.481. The molecule has 0 spiro atoms. The van der Waals surface area contributed by atoms with Crippen molar-refractivity contribution >= 4 is 104 Å². The molecule has 10 aromatic rings. The molecule has 17 rings (SSSR count). The predicted octanol–water partition coefficient (Wildman–Crippen LogP) is 15.8. The van der Waals surface area contributed by atoms with Gasteiger partial charge in [0.15, 0.2) is 23.3 Å². The fourth-order valence-electron chi connectivity index (χ4n) is 16.2. The Kier molecular flexibility index (Phi) is 22.8. The number of hydrogen-bond acceptors (Lipinski definition) is 19. The Morgan fingerprint density at radius 2 is 0.817 bits per heavy atom. The monoisotopic (exact) mass is 1580 g/mol. The van der Waals surface area contributed by atoms with Gasteiger partial charge in [0.2, 0.25) is 11.8 Å². The van der Waals surface area contributed by atoms with Crippen molar-refractivity contribution in [2.75, 3.05) is 52.4 Å². The van der Waals surface area contributed by atoms with E-state index in [0.717, 1.165) is 152 Å². The van der Waals surface area contributed by atoms with Crippen molar-refractivity contribution in [1.29, 1.82) is 0 Å². The molecule has 0 N–H and O–H groups in total. The number of unbranched alkanes of at least 4 members (excludes halogenated alkanes) is 1. The highest BCUT2D eigenvalue weighted by molar-refractivity contribution is 7.15. The van der Waals surface area contributed by atoms with E-state index in [0.29, 0.717) is 59.4 Å². The molecule has 7 aliphatic rings. The van der Waals surface area contributed by atoms with Gasteiger partial charge >= 0.3 is 0 Å². The van der Waals surface area contributed by atoms with E-state index in [-0.39, 0.29) is 36.5 Å². The molecular formula is C81H92Cl3N19O3S3. The Labute approximate surface area is 663 Å². The minimum absolute atomic E-state index is 0.0106. The smallest absolute Gasteiger partial charge is 0.225 e. The Balaban J connectivity index is 0.000000130. The zero-order valence-electron chi connectivity index (χ0n) is 63.6. The van der Waals surface area contributed by atoms with Crippen LogP contribution in [0.5, 0.6) is 0 Å². The van der Waals surface area contributed by atoms with Crippen molar-refractivity contribution in [3.8, 4) is 15.0 Å². The van der Waals surface area contributed by atoms with Crippen molar-refractivity contribution in [1.82, 2.24) is 78.7 Å². The molecule has 568 valence electrons. The number of aliphatic imine (C=N–C) groups is 3. The number of Topliss-reactive ketones (excluding diaryl/α,β-unsaturated/α-hetero) is 1. The zero-order valence-corrected chi connectivity index (χ0v) is 68.3. The Morgan fingerprint density at radius 3 is 1.25 bits per heavy atom. The largest absolute Gasteiger partial charge is 0.343 e. The van der Waals surface area contributed by atoms with Crippen LogP contribution in [0.2, 0.25) is 15.1 Å². The van der Waals surface area contributed by atoms with Crippen LogP contribution in [-0.4, -0.2) is 172 Å². The van der Waals surface area contributed by atoms with E-state index in [4.69, 9.17) is 49.8 Å². The summed E-state index contributed by atoms with van der Waals surface area (Å²) in [6.07, 6.45) is 12.1. The summed E-state index contributed by atoms with van der Waals surface area (Å²) in [6, 6.07) is 22.7. The summed E-state index contributed by atoms with van der Waals surface area (Å²) in [5.41, 5.74) is 12.4. The molecular weight excluding hydrogens is 1490 g/mol. The number of halogens is 3. The van der Waals surface area contributed by atoms with Gasteiger partial charge in [-0.25, -0.2) is 0 Å². The fraction of sp³-hybridized carbons (Fsp3) is 0.457. The SMILES string of the molecule is Cc1sc2c(c1C)C(c1ccc(Cl)cc1)=N[C@@H](CC(=O)CCCCN1CCCC1)c1nnc(C)n1-2.Cc1sc2c(c1C)C(c1ccc(Cl)cc1)=N[C@@H](CC(=O)N1CCC(N3CCCCC3)CC1)c1nnc(C)n1-2.Cc1sc2c(c1C)C(c1ccc(Cl)cc1)=N[C@@H](CC(=O)N1CCn3c(C)nnc3C1)c1nnc(C)n1-2. The van der Waals surface area contributed by atoms with Crippen LogP contribution in [-0.2, 0) is 27.5 Å². The number of ketones is 1. The maximum absolute atomic E-state index is 13.7. The van der Waals surface area contributed by atoms with Gasteiger partial charge in [-0.15, -0.1) is 74.8 Å². The molecule has 7 aliphatic heterocycles. The summed E-state index contributed by atoms with van der Waals surface area (Å²) < 4.78 is 8.36. The fourth-order valence-corrected chi connectivity index (χ4v) is 20.3. The highest BCUT2D eigenvalue weighted by Crippen LogP contribution is 2.44. The molecule has 7 aromatic heterocycles. The number of thiophene rings is 3. The lowest BCUT2D eigenvalue weighted by Gasteiger charge is -2.40. The molecule has 2 amide bonds. The van der Waals surface area contributed by atoms with E-state index in [1.165, 1.54) is 89.6 Å². The lowest BCUT2D eigenvalue weighted by Crippen LogP contribution is -2.48. The molecule has 28 heteroatoms. The average molecular weight is 1580 g/mol. The summed E-state index contributed by atoms with van der Waals surface area (Å²) in [7, 11) is 0. The first-order chi connectivity index (χ1) is 52.6. The van der Waals surface area contributed by atoms with Crippen molar-refractivity contribution < 1.29 is 14.4 Å². The molecule has 3 fully saturated rings. The number of aryl methyl sites for hydroxylation is 7. The third-order valence-electron chi connectivity index (χ3n) is 22.6. The molecule has 3 aromatic carbocycles. The van der Waals surface area contributed by atoms with E-state index < -0.39 is 12.1 Å². The molecule has 0 saturated carbocycles. The maximum atomic E-state index is 13.7. The third kappa shape index (κ3) is 15.6. The van der Waals surface area contributed by atoms with E-state index in [1.807, 2.05) is 110 Å². The van der Waals surface area contributed by atoms with Gasteiger partial charge in [-0.05, 0) is 206 Å². The van der Waals surface area contributed by atoms with Crippen LogP contribution in [0.4, 0.5) is 0 Å². The molecule has 22 nitrogen and oxygen atoms in total. The standard InChI is InChI=1S/C29H35ClN6OS.C27H32ClN5OS.C25H25ClN8OS/c1-18-19(2)38-29-26(18)27(21-7-9-22(30)10-8-21)31-24(28-33-32-20(3)36(28)29)17-25(37)35-15-11-23(12-16-35)34-13-5-4-6-14-34;1-17-18(2)35-27-24(17)25(20-9-11-21(28)12-10-20)29-23(26-31-30-19(3)33(26)27)16-22(34)8-4-5-13-32-14-6-7-15-32;1-13-14(2)36-25-22(13)23(17-5-7-18(26)8-6-17)27-19(24-31-29-16(4)34(24)25)11-21(35)32-9-10-33-15(3)28-30-20(33)12-32/h7-10,23-24H,4-6,11-17H2,1-3H3;9-12,23H,4-8,13-16H2,1-3H3;5-8,19H,9-12H2,1-4H3/t24-;23-;19-/m000/s1. The second kappa shape index (κ2) is 32.6. The van der Waals surface area contributed by atoms with Crippen LogP contribution in [0.1, 0.15) is 213 Å². The summed E-state index contributed by atoms with van der Waals surface area (Å²) in [4.78, 5) is 68.7. The topological polar surface area (TPSA) is 224 Å². The normalized spacial score (nSPS) is 18.4. The van der Waals surface area contributed by atoms with E-state index in [9.17, 15) is 14.4 Å². The molecule has 0 radical (unpaired) electrons. The first-order valence-electron chi connectivity index (χ1n) is 38.2. The number of rotatable bonds is 15. The van der Waals surface area contributed by atoms with Gasteiger partial charge in [0, 0.05) is 108 Å². The first-order valence-corrected chi connectivity index (χ1v) is 41.7. The number of benzene rings is 3. The summed E-state index contributed by atoms with van der Waals surface area (Å²) >= 11 is 23.8. The molecule has 0 unspecified atom stereocenters. The molecule has 0 bridgehead atoms. The molecule has 3 atom stereocenters. The second-order valence-corrected chi connectivity index (χ2v) is 34.6. The van der Waals surface area contributed by atoms with Crippen molar-refractivity contribution in [2.24, 2.45) is 15.0 Å². The van der Waals surface area contributed by atoms with Gasteiger partial charge in [-0.1, -0.05) is 77.6 Å². The van der Waals surface area contributed by atoms with E-state index >= 15 is 0 Å². The van der Waals surface area contributed by atoms with Gasteiger partial charge in [-0.3, -0.25) is 43.1 Å². The highest BCUT2D eigenvalue weighted by atomic mass is 35.5. The number of fused-ring (bicyclic) bond motifs is 10. The number of carbonyl (C=O) groups excluding carboxylic acids is 3. The zero-order chi connectivity index (χ0) is 76.1. The minimum Gasteiger partial charge on any atom is -0.343 e. The van der Waals surface area contributed by atoms with Gasteiger partial charge in [0.1, 0.15) is 62.2 Å². The first kappa shape index (κ1) is 76.1. The van der Waals surface area contributed by atoms with Crippen molar-refractivity contribution in [3.05, 3.63) is 199 Å². The predicted molar refractivity (Wildman–Crippen MR) is 433 cm³/mol. The molecule has 0 aliphatic carbocycles. The summed E-state index contributed by atoms with van der Waals surface area (Å²) in [5.74, 6) is 6.67. The van der Waals surface area contributed by atoms with Crippen molar-refractivity contribution in [2.45, 2.75) is 190 Å². The Morgan fingerprint density at radius 1 is 0.422 bits per heavy atom. The number of hydrogen-bond donors (Lipinski definition) is 0. The van der Waals surface area contributed by atoms with E-state index in [2.05, 4.69) is 110 Å². The van der Waals surface area contributed by atoms with Gasteiger partial charge in [0.05, 0.1) is 36.5 Å². The number of nitrogens with zero attached hydrogens (tertiary/aromatic N) is 19. The van der Waals surface area contributed by atoms with Gasteiger partial charge in [-0.2, -0.15) is 0 Å². The average Bonchev–Trinajstić information content (AvgIpc) is 1.60. The summed E-state index contributed by atoms with van der Waals surface area (Å²) in [6.45, 7) is 29.9. The number of piperidine rings is 2. The van der Waals surface area contributed by atoms with Crippen molar-refractivity contribution in [3.63, 3.8) is 0 Å². The van der Waals surface area contributed by atoms with Crippen LogP contribution in [0.25, 0.3) is 15.0 Å². The molecule has 109 heavy (non-hydrogen) atoms. The molecule has 14 heterocycles. The van der Waals surface area contributed by atoms with Gasteiger partial charge < -0.3 is 24.2 Å². The third-order valence-corrected chi connectivity index (χ3v) is 27.0. The summed E-state index contributed by atoms with van der Waals surface area (Å²) in [5, 5.41) is 40.4. The maximum Gasteiger partial charge on any atom is 0.225 e. The number of amides is 2. The Hall–Kier alpha value is -8.27. The van der Waals surface area contributed by atoms with E-state index in [1.54, 1.807) is 34.0 Å². The van der Waals surface area contributed by atoms with Crippen LogP contribution in [0, 0.1) is 69.2 Å². The van der Waals surface area contributed by atoms with Crippen LogP contribution < -0.4 is 0 Å². The van der Waals surface area contributed by atoms with Gasteiger partial charge in [0.25, 0.3) is 0 Å². The van der Waals surface area contributed by atoms with Crippen LogP contribution >= 0.6 is 68.8 Å². The lowest BCUT2D eigenvalue weighted by atomic mass is 9.99. The number of likely N-dealkylation sites (tertiary alicyclic amines) is 3. The second-order valence-electron chi connectivity index (χ2n) is 29.7. The molecule has 3 saturated heterocycles. The number of carbonyl (C=O) groups is 3. The number of aromatic nitrogens is 12. The van der Waals surface area contributed by atoms with Crippen LogP contribution in [0.15, 0.2) is 87.8 Å². The lowest BCUT2D eigenvalue weighted by molar-refractivity contribution is -0.134. The quantitative estimate of drug-likeness (QED) is 0.0872. The van der Waals surface area contributed by atoms with Crippen LogP contribution in [0.3, 0.4) is 0 Å². The highest BCUT2D eigenvalue weighted by Gasteiger charge is 2.39. The Bertz CT molecular complexity index is 5150.